The van der Waals surface area contributed by atoms with Gasteiger partial charge in [0.25, 0.3) is 0 Å². The average Bonchev–Trinajstić information content (AvgIpc) is 2.31. The van der Waals surface area contributed by atoms with E-state index in [2.05, 4.69) is 14.7 Å². The van der Waals surface area contributed by atoms with E-state index in [1.807, 2.05) is 13.8 Å². The van der Waals surface area contributed by atoms with Gasteiger partial charge in [0, 0.05) is 7.05 Å². The van der Waals surface area contributed by atoms with Gasteiger partial charge in [-0.3, -0.25) is 4.79 Å². The maximum absolute atomic E-state index is 11.2. The molecule has 1 heterocycles. The Bertz CT molecular complexity index is 396. The molecule has 1 rings (SSSR count). The summed E-state index contributed by atoms with van der Waals surface area (Å²) in [5, 5.41) is 0. The van der Waals surface area contributed by atoms with Gasteiger partial charge in [0.2, 0.25) is 5.88 Å². The topological polar surface area (TPSA) is 64.6 Å². The lowest BCUT2D eigenvalue weighted by Crippen LogP contribution is -2.28. The first-order chi connectivity index (χ1) is 8.10. The van der Waals surface area contributed by atoms with Crippen LogP contribution in [-0.4, -0.2) is 43.2 Å². The van der Waals surface area contributed by atoms with Crippen LogP contribution in [0.3, 0.4) is 0 Å². The zero-order valence-corrected chi connectivity index (χ0v) is 10.6. The van der Waals surface area contributed by atoms with Gasteiger partial charge in [-0.25, -0.2) is 9.97 Å². The van der Waals surface area contributed by atoms with E-state index in [1.165, 1.54) is 13.4 Å². The highest BCUT2D eigenvalue weighted by Gasteiger charge is 2.14. The minimum absolute atomic E-state index is 0.139. The van der Waals surface area contributed by atoms with Crippen molar-refractivity contribution in [3.63, 3.8) is 0 Å². The number of hydrogen-bond donors (Lipinski definition) is 0. The Labute approximate surface area is 101 Å². The Kier molecular flexibility index (Phi) is 4.68. The lowest BCUT2D eigenvalue weighted by molar-refractivity contribution is -0.138. The molecule has 0 aliphatic rings. The summed E-state index contributed by atoms with van der Waals surface area (Å²) in [5.74, 6) is 0.881. The van der Waals surface area contributed by atoms with Gasteiger partial charge >= 0.3 is 5.97 Å². The first-order valence-corrected chi connectivity index (χ1v) is 5.32. The number of rotatable bonds is 5. The maximum atomic E-state index is 11.2. The van der Waals surface area contributed by atoms with Crippen molar-refractivity contribution in [2.45, 2.75) is 13.8 Å². The van der Waals surface area contributed by atoms with E-state index in [0.29, 0.717) is 18.3 Å². The number of methoxy groups -OCH3 is 1. The van der Waals surface area contributed by atoms with Gasteiger partial charge in [0.1, 0.15) is 18.7 Å². The van der Waals surface area contributed by atoms with Crippen LogP contribution < -0.4 is 9.64 Å². The summed E-state index contributed by atoms with van der Waals surface area (Å²) in [5.41, 5.74) is 0.806. The van der Waals surface area contributed by atoms with Crippen molar-refractivity contribution in [1.29, 1.82) is 0 Å². The summed E-state index contributed by atoms with van der Waals surface area (Å²) in [6.45, 7) is 4.42. The van der Waals surface area contributed by atoms with Crippen molar-refractivity contribution in [3.05, 3.63) is 11.9 Å². The number of hydrogen-bond acceptors (Lipinski definition) is 6. The number of nitrogens with zero attached hydrogens (tertiary/aromatic N) is 3. The SMILES string of the molecule is CCOc1ncnc(N(C)CC(=O)OC)c1C. The number of carbonyl (C=O) groups excluding carboxylic acids is 1. The van der Waals surface area contributed by atoms with Crippen LogP contribution >= 0.6 is 0 Å². The van der Waals surface area contributed by atoms with Crippen molar-refractivity contribution < 1.29 is 14.3 Å². The second kappa shape index (κ2) is 6.03. The Morgan fingerprint density at radius 3 is 2.76 bits per heavy atom. The van der Waals surface area contributed by atoms with Crippen LogP contribution in [-0.2, 0) is 9.53 Å². The van der Waals surface area contributed by atoms with Crippen LogP contribution in [0.4, 0.5) is 5.82 Å². The molecular weight excluding hydrogens is 222 g/mol. The summed E-state index contributed by atoms with van der Waals surface area (Å²) >= 11 is 0. The zero-order valence-electron chi connectivity index (χ0n) is 10.6. The third-order valence-electron chi connectivity index (χ3n) is 2.25. The van der Waals surface area contributed by atoms with Crippen LogP contribution in [0.2, 0.25) is 0 Å². The number of likely N-dealkylation sites (N-methyl/N-ethyl adjacent to an activating group) is 1. The Morgan fingerprint density at radius 2 is 2.18 bits per heavy atom. The third-order valence-corrected chi connectivity index (χ3v) is 2.25. The average molecular weight is 239 g/mol. The normalized spacial score (nSPS) is 9.88. The second-order valence-electron chi connectivity index (χ2n) is 3.49. The quantitative estimate of drug-likeness (QED) is 0.708. The first-order valence-electron chi connectivity index (χ1n) is 5.32. The van der Waals surface area contributed by atoms with E-state index in [4.69, 9.17) is 4.74 Å². The minimum Gasteiger partial charge on any atom is -0.478 e. The second-order valence-corrected chi connectivity index (χ2v) is 3.49. The largest absolute Gasteiger partial charge is 0.478 e. The van der Waals surface area contributed by atoms with Gasteiger partial charge in [-0.2, -0.15) is 0 Å². The first kappa shape index (κ1) is 13.2. The van der Waals surface area contributed by atoms with Crippen LogP contribution in [0.1, 0.15) is 12.5 Å². The lowest BCUT2D eigenvalue weighted by atomic mass is 10.3. The summed E-state index contributed by atoms with van der Waals surface area (Å²) < 4.78 is 9.97. The smallest absolute Gasteiger partial charge is 0.325 e. The molecule has 0 saturated heterocycles. The van der Waals surface area contributed by atoms with Gasteiger partial charge in [-0.1, -0.05) is 0 Å². The molecule has 0 aromatic carbocycles. The maximum Gasteiger partial charge on any atom is 0.325 e. The van der Waals surface area contributed by atoms with Crippen LogP contribution in [0, 0.1) is 6.92 Å². The molecule has 0 spiro atoms. The van der Waals surface area contributed by atoms with E-state index < -0.39 is 0 Å². The number of esters is 1. The molecule has 0 aliphatic heterocycles. The lowest BCUT2D eigenvalue weighted by Gasteiger charge is -2.19. The van der Waals surface area contributed by atoms with E-state index in [-0.39, 0.29) is 12.5 Å². The fourth-order valence-corrected chi connectivity index (χ4v) is 1.43. The van der Waals surface area contributed by atoms with Crippen molar-refractivity contribution in [3.8, 4) is 5.88 Å². The summed E-state index contributed by atoms with van der Waals surface area (Å²) in [6.07, 6.45) is 1.42. The summed E-state index contributed by atoms with van der Waals surface area (Å²) in [6, 6.07) is 0. The Morgan fingerprint density at radius 1 is 1.47 bits per heavy atom. The fourth-order valence-electron chi connectivity index (χ4n) is 1.43. The van der Waals surface area contributed by atoms with Gasteiger partial charge in [-0.15, -0.1) is 0 Å². The molecule has 0 N–H and O–H groups in total. The van der Waals surface area contributed by atoms with Gasteiger partial charge in [0.15, 0.2) is 0 Å². The molecule has 0 fully saturated rings. The van der Waals surface area contributed by atoms with E-state index in [1.54, 1.807) is 11.9 Å². The van der Waals surface area contributed by atoms with Crippen molar-refractivity contribution in [1.82, 2.24) is 9.97 Å². The van der Waals surface area contributed by atoms with Crippen molar-refractivity contribution >= 4 is 11.8 Å². The molecule has 1 aromatic rings. The molecule has 6 heteroatoms. The molecule has 94 valence electrons. The third kappa shape index (κ3) is 3.30. The zero-order chi connectivity index (χ0) is 12.8. The summed E-state index contributed by atoms with van der Waals surface area (Å²) in [7, 11) is 3.12. The van der Waals surface area contributed by atoms with Gasteiger partial charge in [-0.05, 0) is 13.8 Å². The summed E-state index contributed by atoms with van der Waals surface area (Å²) in [4.78, 5) is 21.0. The highest BCUT2D eigenvalue weighted by molar-refractivity contribution is 5.75. The predicted molar refractivity (Wildman–Crippen MR) is 63.2 cm³/mol. The van der Waals surface area contributed by atoms with Gasteiger partial charge in [0.05, 0.1) is 19.3 Å². The van der Waals surface area contributed by atoms with Crippen molar-refractivity contribution in [2.24, 2.45) is 0 Å². The van der Waals surface area contributed by atoms with E-state index in [9.17, 15) is 4.79 Å². The molecule has 17 heavy (non-hydrogen) atoms. The molecule has 6 nitrogen and oxygen atoms in total. The van der Waals surface area contributed by atoms with Crippen LogP contribution in [0.5, 0.6) is 5.88 Å². The number of carbonyl (C=O) groups is 1. The van der Waals surface area contributed by atoms with E-state index in [0.717, 1.165) is 5.56 Å². The van der Waals surface area contributed by atoms with Crippen LogP contribution in [0.15, 0.2) is 6.33 Å². The van der Waals surface area contributed by atoms with Gasteiger partial charge < -0.3 is 14.4 Å². The highest BCUT2D eigenvalue weighted by Crippen LogP contribution is 2.22. The monoisotopic (exact) mass is 239 g/mol. The van der Waals surface area contributed by atoms with Crippen molar-refractivity contribution in [2.75, 3.05) is 32.2 Å². The molecule has 0 saturated carbocycles. The molecular formula is C11H17N3O3. The number of anilines is 1. The molecule has 1 aromatic heterocycles. The molecule has 0 aliphatic carbocycles. The number of aromatic nitrogens is 2. The predicted octanol–water partition coefficient (Wildman–Crippen LogP) is 0.793. The fraction of sp³-hybridized carbons (Fsp3) is 0.545. The molecule has 0 radical (unpaired) electrons. The standard InChI is InChI=1S/C11H17N3O3/c1-5-17-11-8(2)10(12-7-13-11)14(3)6-9(15)16-4/h7H,5-6H2,1-4H3. The Hall–Kier alpha value is -1.85. The highest BCUT2D eigenvalue weighted by atomic mass is 16.5. The number of ether oxygens (including phenoxy) is 2. The molecule has 0 unspecified atom stereocenters. The molecule has 0 amide bonds. The Balaban J connectivity index is 2.89. The van der Waals surface area contributed by atoms with E-state index >= 15 is 0 Å². The van der Waals surface area contributed by atoms with Crippen LogP contribution in [0.25, 0.3) is 0 Å². The minimum atomic E-state index is -0.316. The molecule has 0 atom stereocenters. The molecule has 0 bridgehead atoms.